The van der Waals surface area contributed by atoms with Gasteiger partial charge in [-0.15, -0.1) is 0 Å². The summed E-state index contributed by atoms with van der Waals surface area (Å²) in [6, 6.07) is 13.3. The Morgan fingerprint density at radius 1 is 0.966 bits per heavy atom. The van der Waals surface area contributed by atoms with Crippen molar-refractivity contribution in [2.75, 3.05) is 6.61 Å². The predicted molar refractivity (Wildman–Crippen MR) is 121 cm³/mol. The van der Waals surface area contributed by atoms with E-state index in [0.717, 1.165) is 22.1 Å². The van der Waals surface area contributed by atoms with Crippen molar-refractivity contribution in [3.05, 3.63) is 86.1 Å². The molecule has 0 amide bonds. The molecule has 1 N–H and O–H groups in total. The summed E-state index contributed by atoms with van der Waals surface area (Å²) in [4.78, 5) is 4.04. The molecule has 7 heteroatoms. The zero-order valence-corrected chi connectivity index (χ0v) is 19.0. The predicted octanol–water partition coefficient (Wildman–Crippen LogP) is 6.42. The number of hydrogen-bond donors (Lipinski definition) is 1. The lowest BCUT2D eigenvalue weighted by atomic mass is 10.2. The summed E-state index contributed by atoms with van der Waals surface area (Å²) in [5, 5.41) is 4.58. The van der Waals surface area contributed by atoms with E-state index in [1.807, 2.05) is 37.3 Å². The molecule has 0 fully saturated rings. The molecule has 4 nitrogen and oxygen atoms in total. The topological polar surface area (TPSA) is 43.4 Å². The van der Waals surface area contributed by atoms with Gasteiger partial charge < -0.3 is 14.8 Å². The van der Waals surface area contributed by atoms with E-state index in [-0.39, 0.29) is 6.61 Å². The second-order valence-corrected chi connectivity index (χ2v) is 7.94. The van der Waals surface area contributed by atoms with E-state index in [2.05, 4.69) is 26.2 Å². The fourth-order valence-electron chi connectivity index (χ4n) is 2.76. The Morgan fingerprint density at radius 2 is 1.66 bits per heavy atom. The van der Waals surface area contributed by atoms with Crippen LogP contribution in [0.4, 0.5) is 0 Å². The molecule has 152 valence electrons. The molecule has 0 aliphatic rings. The van der Waals surface area contributed by atoms with Crippen LogP contribution in [0.15, 0.2) is 59.3 Å². The maximum atomic E-state index is 6.24. The number of nitrogens with zero attached hydrogens (tertiary/aromatic N) is 1. The summed E-state index contributed by atoms with van der Waals surface area (Å²) in [5.41, 5.74) is 3.00. The third-order valence-corrected chi connectivity index (χ3v) is 5.69. The zero-order valence-electron chi connectivity index (χ0n) is 15.9. The number of hydrogen-bond acceptors (Lipinski definition) is 4. The van der Waals surface area contributed by atoms with Crippen molar-refractivity contribution in [3.8, 4) is 11.5 Å². The molecule has 0 unspecified atom stereocenters. The molecule has 2 aromatic carbocycles. The first-order valence-corrected chi connectivity index (χ1v) is 10.7. The van der Waals surface area contributed by atoms with Crippen LogP contribution < -0.4 is 14.8 Å². The highest BCUT2D eigenvalue weighted by Crippen LogP contribution is 2.35. The van der Waals surface area contributed by atoms with Crippen LogP contribution in [0.3, 0.4) is 0 Å². The van der Waals surface area contributed by atoms with Gasteiger partial charge in [0, 0.05) is 45.6 Å². The third-order valence-electron chi connectivity index (χ3n) is 4.24. The van der Waals surface area contributed by atoms with Gasteiger partial charge in [0.25, 0.3) is 0 Å². The van der Waals surface area contributed by atoms with Gasteiger partial charge in [-0.1, -0.05) is 45.2 Å². The molecule has 0 bridgehead atoms. The van der Waals surface area contributed by atoms with Crippen molar-refractivity contribution in [2.45, 2.75) is 26.6 Å². The summed E-state index contributed by atoms with van der Waals surface area (Å²) >= 11 is 16.1. The molecule has 0 saturated heterocycles. The van der Waals surface area contributed by atoms with E-state index in [1.54, 1.807) is 24.5 Å². The average molecular weight is 496 g/mol. The van der Waals surface area contributed by atoms with E-state index < -0.39 is 0 Å². The molecule has 0 aliphatic carbocycles. The molecule has 0 atom stereocenters. The molecule has 3 aromatic rings. The molecule has 0 radical (unpaired) electrons. The summed E-state index contributed by atoms with van der Waals surface area (Å²) in [6.45, 7) is 4.17. The number of rotatable bonds is 9. The first-order chi connectivity index (χ1) is 14.1. The lowest BCUT2D eigenvalue weighted by Gasteiger charge is -2.16. The summed E-state index contributed by atoms with van der Waals surface area (Å²) in [6.07, 6.45) is 3.58. The Bertz CT molecular complexity index is 935. The van der Waals surface area contributed by atoms with Crippen molar-refractivity contribution in [1.29, 1.82) is 0 Å². The normalized spacial score (nSPS) is 10.8. The van der Waals surface area contributed by atoms with Crippen LogP contribution in [0, 0.1) is 0 Å². The van der Waals surface area contributed by atoms with Crippen LogP contribution in [-0.4, -0.2) is 11.6 Å². The van der Waals surface area contributed by atoms with Crippen molar-refractivity contribution in [1.82, 2.24) is 10.3 Å². The second kappa shape index (κ2) is 10.8. The Kier molecular flexibility index (Phi) is 8.19. The van der Waals surface area contributed by atoms with Crippen molar-refractivity contribution < 1.29 is 9.47 Å². The maximum absolute atomic E-state index is 6.24. The standard InChI is InChI=1S/C22H21BrCl2N2O2/c1-2-28-21-10-16(13-27-12-15-6-8-26-9-7-15)18(23)11-22(21)29-14-17-19(24)4-3-5-20(17)25/h3-11,27H,2,12-14H2,1H3. The third kappa shape index (κ3) is 6.09. The maximum Gasteiger partial charge on any atom is 0.162 e. The van der Waals surface area contributed by atoms with Crippen molar-refractivity contribution >= 4 is 39.1 Å². The number of pyridine rings is 1. The van der Waals surface area contributed by atoms with Gasteiger partial charge in [0.15, 0.2) is 11.5 Å². The molecule has 29 heavy (non-hydrogen) atoms. The van der Waals surface area contributed by atoms with Gasteiger partial charge in [0.1, 0.15) is 6.61 Å². The largest absolute Gasteiger partial charge is 0.490 e. The van der Waals surface area contributed by atoms with Gasteiger partial charge in [-0.3, -0.25) is 4.98 Å². The van der Waals surface area contributed by atoms with Gasteiger partial charge in [-0.2, -0.15) is 0 Å². The molecule has 0 saturated carbocycles. The minimum atomic E-state index is 0.255. The first-order valence-electron chi connectivity index (χ1n) is 9.19. The van der Waals surface area contributed by atoms with E-state index in [0.29, 0.717) is 34.7 Å². The minimum absolute atomic E-state index is 0.255. The Labute approximate surface area is 189 Å². The number of ether oxygens (including phenoxy) is 2. The summed E-state index contributed by atoms with van der Waals surface area (Å²) < 4.78 is 12.7. The fourth-order valence-corrected chi connectivity index (χ4v) is 3.73. The molecule has 0 spiro atoms. The van der Waals surface area contributed by atoms with Crippen molar-refractivity contribution in [2.24, 2.45) is 0 Å². The van der Waals surface area contributed by atoms with E-state index in [4.69, 9.17) is 32.7 Å². The lowest BCUT2D eigenvalue weighted by Crippen LogP contribution is -2.13. The van der Waals surface area contributed by atoms with Crippen LogP contribution in [0.5, 0.6) is 11.5 Å². The SMILES string of the molecule is CCOc1cc(CNCc2ccncc2)c(Br)cc1OCc1c(Cl)cccc1Cl. The number of aromatic nitrogens is 1. The van der Waals surface area contributed by atoms with Crippen LogP contribution in [0.2, 0.25) is 10.0 Å². The molecular formula is C22H21BrCl2N2O2. The molecule has 3 rings (SSSR count). The molecule has 1 aromatic heterocycles. The highest BCUT2D eigenvalue weighted by molar-refractivity contribution is 9.10. The number of nitrogens with one attached hydrogen (secondary N) is 1. The van der Waals surface area contributed by atoms with Gasteiger partial charge >= 0.3 is 0 Å². The van der Waals surface area contributed by atoms with Crippen LogP contribution in [0.1, 0.15) is 23.6 Å². The van der Waals surface area contributed by atoms with Crippen molar-refractivity contribution in [3.63, 3.8) is 0 Å². The Morgan fingerprint density at radius 3 is 2.34 bits per heavy atom. The van der Waals surface area contributed by atoms with Crippen LogP contribution >= 0.6 is 39.1 Å². The second-order valence-electron chi connectivity index (χ2n) is 6.27. The minimum Gasteiger partial charge on any atom is -0.490 e. The molecular weight excluding hydrogens is 475 g/mol. The first kappa shape index (κ1) is 21.9. The van der Waals surface area contributed by atoms with Gasteiger partial charge in [-0.05, 0) is 54.4 Å². The summed E-state index contributed by atoms with van der Waals surface area (Å²) in [5.74, 6) is 1.31. The van der Waals surface area contributed by atoms with Crippen LogP contribution in [-0.2, 0) is 19.7 Å². The lowest BCUT2D eigenvalue weighted by molar-refractivity contribution is 0.269. The van der Waals surface area contributed by atoms with E-state index in [1.165, 1.54) is 5.56 Å². The van der Waals surface area contributed by atoms with Crippen LogP contribution in [0.25, 0.3) is 0 Å². The van der Waals surface area contributed by atoms with Gasteiger partial charge in [-0.25, -0.2) is 0 Å². The van der Waals surface area contributed by atoms with E-state index in [9.17, 15) is 0 Å². The highest BCUT2D eigenvalue weighted by Gasteiger charge is 2.13. The molecule has 0 aliphatic heterocycles. The number of benzene rings is 2. The Hall–Kier alpha value is -1.79. The fraction of sp³-hybridized carbons (Fsp3) is 0.227. The average Bonchev–Trinajstić information content (AvgIpc) is 2.71. The smallest absolute Gasteiger partial charge is 0.162 e. The monoisotopic (exact) mass is 494 g/mol. The highest BCUT2D eigenvalue weighted by atomic mass is 79.9. The van der Waals surface area contributed by atoms with E-state index >= 15 is 0 Å². The summed E-state index contributed by atoms with van der Waals surface area (Å²) in [7, 11) is 0. The number of halogens is 3. The molecule has 1 heterocycles. The zero-order chi connectivity index (χ0) is 20.6. The Balaban J connectivity index is 1.71. The van der Waals surface area contributed by atoms with Gasteiger partial charge in [0.05, 0.1) is 6.61 Å². The quantitative estimate of drug-likeness (QED) is 0.372. The van der Waals surface area contributed by atoms with Gasteiger partial charge in [0.2, 0.25) is 0 Å².